The minimum atomic E-state index is -6.00. The van der Waals surface area contributed by atoms with Gasteiger partial charge in [0, 0.05) is 41.5 Å². The molecule has 1 amide bonds. The zero-order chi connectivity index (χ0) is 46.0. The lowest BCUT2D eigenvalue weighted by Gasteiger charge is -2.56. The average Bonchev–Trinajstić information content (AvgIpc) is 3.28. The molecule has 20 heteroatoms. The number of benzene rings is 1. The summed E-state index contributed by atoms with van der Waals surface area (Å²) in [6.45, 7) is 17.1. The molecule has 1 saturated heterocycles. The number of ketones is 2. The van der Waals surface area contributed by atoms with Gasteiger partial charge in [0.25, 0.3) is 0 Å². The maximum absolute atomic E-state index is 15.5. The Bertz CT molecular complexity index is 2380. The fraction of sp³-hybridized carbons (Fsp3) is 0.548. The Morgan fingerprint density at radius 2 is 1.61 bits per heavy atom. The predicted octanol–water partition coefficient (Wildman–Crippen LogP) is 8.07. The molecule has 3 heterocycles. The largest absolute Gasteiger partial charge is 0.536 e. The summed E-state index contributed by atoms with van der Waals surface area (Å²) in [4.78, 5) is 82.9. The van der Waals surface area contributed by atoms with Crippen molar-refractivity contribution in [2.24, 2.45) is 11.8 Å². The summed E-state index contributed by atoms with van der Waals surface area (Å²) >= 11 is 0. The molecule has 5 N–H and O–H groups in total. The number of carbonyl (C=O) groups excluding carboxylic acids is 3. The number of amides is 1. The SMILES string of the molecule is CCCCNC(=O)C(C)=CCC12OC(C)(C)C3CC(C=C4C(=O)c5c(OP(=O)(O)OP(=O)(O)OP(=O)(O)O)c6c(c(CC=C(C)C)c5OC431)OC(C)(CCC=C(C)C)C=C6)C2=O. The highest BCUT2D eigenvalue weighted by Gasteiger charge is 2.81. The van der Waals surface area contributed by atoms with Crippen molar-refractivity contribution in [2.75, 3.05) is 6.54 Å². The Labute approximate surface area is 361 Å². The minimum Gasteiger partial charge on any atom is -0.482 e. The third-order valence-electron chi connectivity index (χ3n) is 11.9. The fourth-order valence-electron chi connectivity index (χ4n) is 9.19. The van der Waals surface area contributed by atoms with Crippen molar-refractivity contribution >= 4 is 47.0 Å². The summed E-state index contributed by atoms with van der Waals surface area (Å²) in [6.07, 6.45) is 13.1. The molecule has 340 valence electrons. The Morgan fingerprint density at radius 3 is 2.24 bits per heavy atom. The number of hydrogen-bond donors (Lipinski definition) is 5. The third kappa shape index (κ3) is 8.96. The van der Waals surface area contributed by atoms with Crippen molar-refractivity contribution in [1.29, 1.82) is 0 Å². The van der Waals surface area contributed by atoms with Crippen LogP contribution in [0.5, 0.6) is 17.2 Å². The fourth-order valence-corrected chi connectivity index (χ4v) is 12.2. The van der Waals surface area contributed by atoms with Crippen LogP contribution in [0.2, 0.25) is 0 Å². The second-order valence-electron chi connectivity index (χ2n) is 17.7. The van der Waals surface area contributed by atoms with Gasteiger partial charge in [-0.2, -0.15) is 8.62 Å². The summed E-state index contributed by atoms with van der Waals surface area (Å²) in [6, 6.07) is 0. The van der Waals surface area contributed by atoms with Gasteiger partial charge in [-0.25, -0.2) is 13.7 Å². The molecule has 7 rings (SSSR count). The van der Waals surface area contributed by atoms with Gasteiger partial charge in [0.1, 0.15) is 22.7 Å². The number of hydrogen-bond acceptors (Lipinski definition) is 12. The van der Waals surface area contributed by atoms with Crippen molar-refractivity contribution in [3.8, 4) is 17.2 Å². The van der Waals surface area contributed by atoms with E-state index in [0.717, 1.165) is 24.0 Å². The number of ether oxygens (including phenoxy) is 3. The van der Waals surface area contributed by atoms with Crippen molar-refractivity contribution in [1.82, 2.24) is 5.32 Å². The van der Waals surface area contributed by atoms with Crippen LogP contribution >= 0.6 is 23.5 Å². The molecule has 0 radical (unpaired) electrons. The predicted molar refractivity (Wildman–Crippen MR) is 227 cm³/mol. The number of carbonyl (C=O) groups is 3. The van der Waals surface area contributed by atoms with Gasteiger partial charge in [0.05, 0.1) is 11.2 Å². The van der Waals surface area contributed by atoms with Crippen LogP contribution in [0.15, 0.2) is 52.7 Å². The van der Waals surface area contributed by atoms with Gasteiger partial charge >= 0.3 is 23.5 Å². The summed E-state index contributed by atoms with van der Waals surface area (Å²) in [7, 11) is -17.7. The summed E-state index contributed by atoms with van der Waals surface area (Å²) in [5, 5.41) is 2.88. The van der Waals surface area contributed by atoms with Crippen molar-refractivity contribution in [2.45, 2.75) is 130 Å². The van der Waals surface area contributed by atoms with Crippen LogP contribution in [0, 0.1) is 11.8 Å². The molecular weight excluding hydrogens is 867 g/mol. The van der Waals surface area contributed by atoms with E-state index >= 15 is 4.79 Å². The normalized spacial score (nSPS) is 28.5. The molecule has 0 aromatic heterocycles. The molecule has 2 fully saturated rings. The molecule has 17 nitrogen and oxygen atoms in total. The maximum Gasteiger partial charge on any atom is 0.536 e. The van der Waals surface area contributed by atoms with E-state index in [1.165, 1.54) is 12.2 Å². The Balaban J connectivity index is 1.61. The summed E-state index contributed by atoms with van der Waals surface area (Å²) in [5.41, 5.74) is -3.59. The van der Waals surface area contributed by atoms with Gasteiger partial charge < -0.3 is 38.7 Å². The highest BCUT2D eigenvalue weighted by molar-refractivity contribution is 7.66. The monoisotopic (exact) mass is 923 g/mol. The zero-order valence-electron chi connectivity index (χ0n) is 36.3. The van der Waals surface area contributed by atoms with Gasteiger partial charge in [-0.1, -0.05) is 48.8 Å². The number of Topliss-reactive ketones (excluding diaryl/α,β-unsaturated/α-hetero) is 2. The summed E-state index contributed by atoms with van der Waals surface area (Å²) in [5.74, 6) is -3.70. The lowest BCUT2D eigenvalue weighted by molar-refractivity contribution is -0.171. The summed E-state index contributed by atoms with van der Waals surface area (Å²) < 4.78 is 72.2. The van der Waals surface area contributed by atoms with Crippen molar-refractivity contribution < 1.29 is 75.0 Å². The first-order valence-electron chi connectivity index (χ1n) is 20.5. The van der Waals surface area contributed by atoms with E-state index in [-0.39, 0.29) is 53.6 Å². The molecule has 7 atom stereocenters. The third-order valence-corrected chi connectivity index (χ3v) is 15.7. The van der Waals surface area contributed by atoms with Crippen LogP contribution in [0.4, 0.5) is 0 Å². The van der Waals surface area contributed by atoms with Crippen LogP contribution in [-0.4, -0.2) is 66.0 Å². The van der Waals surface area contributed by atoms with E-state index in [1.54, 1.807) is 32.9 Å². The minimum absolute atomic E-state index is 0.00598. The quantitative estimate of drug-likeness (QED) is 0.0429. The van der Waals surface area contributed by atoms with E-state index in [0.29, 0.717) is 30.5 Å². The number of phosphoric acid groups is 3. The molecule has 3 aliphatic carbocycles. The maximum atomic E-state index is 15.5. The highest BCUT2D eigenvalue weighted by Crippen LogP contribution is 2.71. The lowest BCUT2D eigenvalue weighted by Crippen LogP contribution is -2.72. The van der Waals surface area contributed by atoms with E-state index < -0.39 is 74.8 Å². The first kappa shape index (κ1) is 48.0. The van der Waals surface area contributed by atoms with E-state index in [2.05, 4.69) is 13.9 Å². The molecule has 1 aromatic carbocycles. The van der Waals surface area contributed by atoms with Crippen molar-refractivity contribution in [3.63, 3.8) is 0 Å². The molecule has 6 aliphatic rings. The Hall–Kier alpha value is -3.46. The van der Waals surface area contributed by atoms with Crippen LogP contribution in [0.3, 0.4) is 0 Å². The van der Waals surface area contributed by atoms with Crippen LogP contribution in [-0.2, 0) is 43.1 Å². The standard InChI is InChI=1S/C42H56NO16P3/c1-10-11-21-43-38(46)26(6)16-20-41-37(45)27-22-30-33(44)32-35(55-42(30,41)31(23-27)39(7,8)57-41)28(15-14-25(4)5)34-29(17-19-40(9,54-34)18-12-13-24(2)3)36(32)56-61(50,51)59-62(52,53)58-60(47,48)49/h13-14,16-17,19,22,27,31H,10-12,15,18,20-21,23H2,1-9H3,(H,43,46)(H,50,51)(H,52,53)(H2,47,48,49). The second kappa shape index (κ2) is 16.8. The van der Waals surface area contributed by atoms with E-state index in [1.807, 2.05) is 53.7 Å². The van der Waals surface area contributed by atoms with Crippen LogP contribution < -0.4 is 19.3 Å². The molecule has 1 spiro atoms. The number of allylic oxidation sites excluding steroid dienone is 5. The highest BCUT2D eigenvalue weighted by atomic mass is 31.3. The Kier molecular flexibility index (Phi) is 13.0. The Morgan fingerprint density at radius 1 is 0.935 bits per heavy atom. The van der Waals surface area contributed by atoms with Crippen molar-refractivity contribution in [3.05, 3.63) is 69.4 Å². The van der Waals surface area contributed by atoms with Gasteiger partial charge in [0.2, 0.25) is 5.91 Å². The molecular formula is C42H56NO16P3. The number of unbranched alkanes of at least 4 members (excludes halogenated alkanes) is 1. The van der Waals surface area contributed by atoms with Crippen LogP contribution in [0.1, 0.15) is 122 Å². The molecule has 1 aromatic rings. The molecule has 62 heavy (non-hydrogen) atoms. The molecule has 1 saturated carbocycles. The number of phosphoric ester groups is 1. The number of fused-ring (bicyclic) bond motifs is 2. The molecule has 7 unspecified atom stereocenters. The topological polar surface area (TPSA) is 251 Å². The number of rotatable bonds is 17. The first-order valence-corrected chi connectivity index (χ1v) is 25.0. The zero-order valence-corrected chi connectivity index (χ0v) is 39.0. The molecule has 4 bridgehead atoms. The molecule has 3 aliphatic heterocycles. The van der Waals surface area contributed by atoms with E-state index in [4.69, 9.17) is 18.7 Å². The van der Waals surface area contributed by atoms with Gasteiger partial charge in [-0.15, -0.1) is 0 Å². The van der Waals surface area contributed by atoms with Gasteiger partial charge in [-0.05, 0) is 99.6 Å². The van der Waals surface area contributed by atoms with Gasteiger partial charge in [0.15, 0.2) is 28.5 Å². The first-order chi connectivity index (χ1) is 28.6. The lowest BCUT2D eigenvalue weighted by atomic mass is 9.51. The smallest absolute Gasteiger partial charge is 0.482 e. The van der Waals surface area contributed by atoms with E-state index in [9.17, 15) is 42.9 Å². The average molecular weight is 924 g/mol. The second-order valence-corrected chi connectivity index (χ2v) is 22.1. The van der Waals surface area contributed by atoms with Gasteiger partial charge in [-0.3, -0.25) is 19.3 Å². The number of nitrogens with one attached hydrogen (secondary N) is 1. The van der Waals surface area contributed by atoms with Crippen LogP contribution in [0.25, 0.3) is 6.08 Å².